The van der Waals surface area contributed by atoms with Gasteiger partial charge in [-0.2, -0.15) is 0 Å². The minimum atomic E-state index is 0.271. The Hall–Kier alpha value is -1.14. The van der Waals surface area contributed by atoms with E-state index >= 15 is 0 Å². The summed E-state index contributed by atoms with van der Waals surface area (Å²) in [5.41, 5.74) is 0. The Morgan fingerprint density at radius 1 is 1.35 bits per heavy atom. The summed E-state index contributed by atoms with van der Waals surface area (Å²) in [7, 11) is 0. The van der Waals surface area contributed by atoms with E-state index in [1.807, 2.05) is 6.92 Å². The van der Waals surface area contributed by atoms with Gasteiger partial charge in [0.15, 0.2) is 0 Å². The van der Waals surface area contributed by atoms with Gasteiger partial charge in [0.2, 0.25) is 5.89 Å². The highest BCUT2D eigenvalue weighted by molar-refractivity contribution is 5.17. The Bertz CT molecular complexity index is 323. The normalized spacial score (nSPS) is 20.4. The van der Waals surface area contributed by atoms with Crippen molar-refractivity contribution in [1.82, 2.24) is 15.5 Å². The molecule has 1 aliphatic heterocycles. The lowest BCUT2D eigenvalue weighted by Gasteiger charge is -2.22. The van der Waals surface area contributed by atoms with E-state index < -0.39 is 0 Å². The highest BCUT2D eigenvalue weighted by Gasteiger charge is 2.14. The largest absolute Gasteiger partial charge is 0.407 e. The van der Waals surface area contributed by atoms with E-state index in [1.165, 1.54) is 12.8 Å². The van der Waals surface area contributed by atoms with Crippen LogP contribution in [0.4, 0.5) is 6.01 Å². The van der Waals surface area contributed by atoms with E-state index in [1.54, 1.807) is 0 Å². The summed E-state index contributed by atoms with van der Waals surface area (Å²) in [6.45, 7) is 5.15. The highest BCUT2D eigenvalue weighted by atomic mass is 16.5. The summed E-state index contributed by atoms with van der Waals surface area (Å²) in [4.78, 5) is 0. The van der Waals surface area contributed by atoms with Gasteiger partial charge in [-0.15, -0.1) is 5.10 Å². The maximum Gasteiger partial charge on any atom is 0.315 e. The SMILES string of the molecule is CCNCc1nnc(NCC2CCCCO2)o1. The molecule has 2 N–H and O–H groups in total. The summed E-state index contributed by atoms with van der Waals surface area (Å²) in [5, 5.41) is 14.1. The number of ether oxygens (including phenoxy) is 1. The fraction of sp³-hybridized carbons (Fsp3) is 0.818. The van der Waals surface area contributed by atoms with Gasteiger partial charge in [0.25, 0.3) is 0 Å². The van der Waals surface area contributed by atoms with Crippen molar-refractivity contribution in [3.63, 3.8) is 0 Å². The second-order valence-electron chi connectivity index (χ2n) is 4.15. The number of aromatic nitrogens is 2. The molecule has 1 unspecified atom stereocenters. The molecule has 6 heteroatoms. The van der Waals surface area contributed by atoms with Crippen molar-refractivity contribution in [2.45, 2.75) is 38.8 Å². The quantitative estimate of drug-likeness (QED) is 0.777. The number of nitrogens with one attached hydrogen (secondary N) is 2. The zero-order valence-electron chi connectivity index (χ0n) is 10.2. The third kappa shape index (κ3) is 3.98. The number of hydrogen-bond donors (Lipinski definition) is 2. The van der Waals surface area contributed by atoms with E-state index in [4.69, 9.17) is 9.15 Å². The third-order valence-corrected chi connectivity index (χ3v) is 2.75. The van der Waals surface area contributed by atoms with E-state index in [-0.39, 0.29) is 6.10 Å². The number of hydrogen-bond acceptors (Lipinski definition) is 6. The summed E-state index contributed by atoms with van der Waals surface area (Å²) in [5.74, 6) is 0.610. The first-order chi connectivity index (χ1) is 8.38. The maximum atomic E-state index is 5.61. The van der Waals surface area contributed by atoms with Crippen LogP contribution >= 0.6 is 0 Å². The number of rotatable bonds is 6. The van der Waals surface area contributed by atoms with Crippen LogP contribution in [0.25, 0.3) is 0 Å². The van der Waals surface area contributed by atoms with E-state index in [2.05, 4.69) is 20.8 Å². The van der Waals surface area contributed by atoms with Crippen LogP contribution in [0, 0.1) is 0 Å². The van der Waals surface area contributed by atoms with Crippen LogP contribution in [-0.4, -0.2) is 36.0 Å². The van der Waals surface area contributed by atoms with Gasteiger partial charge >= 0.3 is 6.01 Å². The molecule has 96 valence electrons. The van der Waals surface area contributed by atoms with Crippen molar-refractivity contribution >= 4 is 6.01 Å². The molecule has 0 spiro atoms. The van der Waals surface area contributed by atoms with Gasteiger partial charge < -0.3 is 19.8 Å². The molecule has 2 rings (SSSR count). The molecular formula is C11H20N4O2. The predicted octanol–water partition coefficient (Wildman–Crippen LogP) is 1.16. The summed E-state index contributed by atoms with van der Waals surface area (Å²) < 4.78 is 11.0. The van der Waals surface area contributed by atoms with Gasteiger partial charge in [0.05, 0.1) is 12.6 Å². The molecule has 0 aliphatic carbocycles. The molecule has 1 aromatic heterocycles. The second-order valence-corrected chi connectivity index (χ2v) is 4.15. The molecule has 1 atom stereocenters. The number of nitrogens with zero attached hydrogens (tertiary/aromatic N) is 2. The first-order valence-electron chi connectivity index (χ1n) is 6.27. The van der Waals surface area contributed by atoms with Crippen molar-refractivity contribution in [2.24, 2.45) is 0 Å². The lowest BCUT2D eigenvalue weighted by Crippen LogP contribution is -2.27. The third-order valence-electron chi connectivity index (χ3n) is 2.75. The fourth-order valence-electron chi connectivity index (χ4n) is 1.80. The molecule has 2 heterocycles. The van der Waals surface area contributed by atoms with Crippen molar-refractivity contribution in [2.75, 3.05) is 25.0 Å². The highest BCUT2D eigenvalue weighted by Crippen LogP contribution is 2.13. The van der Waals surface area contributed by atoms with Crippen molar-refractivity contribution in [1.29, 1.82) is 0 Å². The lowest BCUT2D eigenvalue weighted by atomic mass is 10.1. The lowest BCUT2D eigenvalue weighted by molar-refractivity contribution is 0.0244. The molecule has 6 nitrogen and oxygen atoms in total. The molecule has 0 radical (unpaired) electrons. The first-order valence-corrected chi connectivity index (χ1v) is 6.27. The second kappa shape index (κ2) is 6.56. The predicted molar refractivity (Wildman–Crippen MR) is 63.8 cm³/mol. The Labute approximate surface area is 101 Å². The van der Waals surface area contributed by atoms with Crippen molar-refractivity contribution < 1.29 is 9.15 Å². The number of anilines is 1. The Kier molecular flexibility index (Phi) is 4.75. The van der Waals surface area contributed by atoms with E-state index in [9.17, 15) is 0 Å². The molecule has 0 amide bonds. The Balaban J connectivity index is 1.72. The summed E-state index contributed by atoms with van der Waals surface area (Å²) >= 11 is 0. The Morgan fingerprint density at radius 2 is 2.29 bits per heavy atom. The van der Waals surface area contributed by atoms with E-state index in [0.717, 1.165) is 26.1 Å². The van der Waals surface area contributed by atoms with Crippen LogP contribution in [0.2, 0.25) is 0 Å². The standard InChI is InChI=1S/C11H20N4O2/c1-2-12-8-10-14-15-11(17-10)13-7-9-5-3-4-6-16-9/h9,12H,2-8H2,1H3,(H,13,15). The molecule has 17 heavy (non-hydrogen) atoms. The fourth-order valence-corrected chi connectivity index (χ4v) is 1.80. The molecule has 0 bridgehead atoms. The smallest absolute Gasteiger partial charge is 0.315 e. The van der Waals surface area contributed by atoms with Crippen molar-refractivity contribution in [3.8, 4) is 0 Å². The molecule has 1 saturated heterocycles. The zero-order chi connectivity index (χ0) is 11.9. The molecule has 1 aromatic rings. The molecule has 1 fully saturated rings. The minimum absolute atomic E-state index is 0.271. The molecule has 0 aromatic carbocycles. The van der Waals surface area contributed by atoms with Gasteiger partial charge in [-0.1, -0.05) is 12.0 Å². The monoisotopic (exact) mass is 240 g/mol. The van der Waals surface area contributed by atoms with E-state index in [0.29, 0.717) is 18.5 Å². The average Bonchev–Trinajstić information content (AvgIpc) is 2.83. The molecule has 0 saturated carbocycles. The van der Waals surface area contributed by atoms with Crippen LogP contribution in [-0.2, 0) is 11.3 Å². The topological polar surface area (TPSA) is 72.2 Å². The van der Waals surface area contributed by atoms with Crippen LogP contribution in [0.3, 0.4) is 0 Å². The summed E-state index contributed by atoms with van der Waals surface area (Å²) in [6, 6.07) is 0.479. The van der Waals surface area contributed by atoms with Crippen LogP contribution in [0.1, 0.15) is 32.1 Å². The van der Waals surface area contributed by atoms with Gasteiger partial charge in [0, 0.05) is 13.2 Å². The van der Waals surface area contributed by atoms with Gasteiger partial charge in [-0.3, -0.25) is 0 Å². The first kappa shape index (κ1) is 12.3. The average molecular weight is 240 g/mol. The molecular weight excluding hydrogens is 220 g/mol. The zero-order valence-corrected chi connectivity index (χ0v) is 10.2. The Morgan fingerprint density at radius 3 is 3.06 bits per heavy atom. The van der Waals surface area contributed by atoms with Gasteiger partial charge in [-0.25, -0.2) is 0 Å². The maximum absolute atomic E-state index is 5.61. The van der Waals surface area contributed by atoms with Crippen LogP contribution < -0.4 is 10.6 Å². The van der Waals surface area contributed by atoms with Crippen molar-refractivity contribution in [3.05, 3.63) is 5.89 Å². The van der Waals surface area contributed by atoms with Crippen LogP contribution in [0.15, 0.2) is 4.42 Å². The minimum Gasteiger partial charge on any atom is -0.407 e. The summed E-state index contributed by atoms with van der Waals surface area (Å²) in [6.07, 6.45) is 3.78. The van der Waals surface area contributed by atoms with Gasteiger partial charge in [0.1, 0.15) is 0 Å². The molecule has 1 aliphatic rings. The van der Waals surface area contributed by atoms with Gasteiger partial charge in [-0.05, 0) is 25.8 Å². The van der Waals surface area contributed by atoms with Crippen LogP contribution in [0.5, 0.6) is 0 Å².